The summed E-state index contributed by atoms with van der Waals surface area (Å²) < 4.78 is 28.8. The van der Waals surface area contributed by atoms with Crippen molar-refractivity contribution in [2.24, 2.45) is 5.73 Å². The molecule has 1 saturated heterocycles. The fourth-order valence-electron chi connectivity index (χ4n) is 4.68. The molecule has 33 heavy (non-hydrogen) atoms. The Morgan fingerprint density at radius 1 is 1.30 bits per heavy atom. The molecule has 2 atom stereocenters. The van der Waals surface area contributed by atoms with E-state index in [9.17, 15) is 8.42 Å². The molecular formula is C23H29N5O2S3. The van der Waals surface area contributed by atoms with Crippen LogP contribution in [0.3, 0.4) is 0 Å². The maximum atomic E-state index is 13.5. The van der Waals surface area contributed by atoms with E-state index in [1.165, 1.54) is 20.5 Å². The monoisotopic (exact) mass is 503 g/mol. The number of hydrogen-bond acceptors (Lipinski definition) is 8. The number of rotatable bonds is 7. The Bertz CT molecular complexity index is 1220. The van der Waals surface area contributed by atoms with Crippen molar-refractivity contribution in [2.45, 2.75) is 55.6 Å². The second-order valence-corrected chi connectivity index (χ2v) is 13.1. The third kappa shape index (κ3) is 4.42. The summed E-state index contributed by atoms with van der Waals surface area (Å²) in [5.41, 5.74) is 8.74. The second kappa shape index (κ2) is 8.99. The number of thiazole rings is 1. The molecule has 5 rings (SSSR count). The van der Waals surface area contributed by atoms with Gasteiger partial charge >= 0.3 is 0 Å². The molecule has 2 unspecified atom stereocenters. The lowest BCUT2D eigenvalue weighted by molar-refractivity contribution is 0.329. The number of para-hydroxylation sites is 1. The fraction of sp³-hybridized carbons (Fsp3) is 0.435. The van der Waals surface area contributed by atoms with E-state index in [1.54, 1.807) is 28.8 Å². The molecule has 176 valence electrons. The predicted molar refractivity (Wildman–Crippen MR) is 136 cm³/mol. The van der Waals surface area contributed by atoms with Gasteiger partial charge in [0.15, 0.2) is 0 Å². The molecule has 2 aliphatic rings. The van der Waals surface area contributed by atoms with Crippen LogP contribution in [0.2, 0.25) is 0 Å². The average Bonchev–Trinajstić information content (AvgIpc) is 3.55. The molecule has 7 nitrogen and oxygen atoms in total. The van der Waals surface area contributed by atoms with Crippen molar-refractivity contribution in [3.8, 4) is 0 Å². The molecule has 3 N–H and O–H groups in total. The van der Waals surface area contributed by atoms with Crippen molar-refractivity contribution in [1.29, 1.82) is 0 Å². The first-order valence-corrected chi connectivity index (χ1v) is 14.4. The van der Waals surface area contributed by atoms with Gasteiger partial charge in [-0.05, 0) is 43.3 Å². The lowest BCUT2D eigenvalue weighted by atomic mass is 10.1. The molecule has 2 aromatic heterocycles. The van der Waals surface area contributed by atoms with Gasteiger partial charge < -0.3 is 11.1 Å². The van der Waals surface area contributed by atoms with Crippen LogP contribution in [0.1, 0.15) is 41.8 Å². The van der Waals surface area contributed by atoms with E-state index < -0.39 is 10.0 Å². The molecule has 2 aliphatic heterocycles. The largest absolute Gasteiger partial charge is 0.374 e. The summed E-state index contributed by atoms with van der Waals surface area (Å²) in [6, 6.07) is 9.44. The number of nitrogens with one attached hydrogen (secondary N) is 1. The Kier molecular flexibility index (Phi) is 6.21. The van der Waals surface area contributed by atoms with Crippen LogP contribution in [0.15, 0.2) is 46.1 Å². The number of hydrogen-bond donors (Lipinski definition) is 2. The van der Waals surface area contributed by atoms with Gasteiger partial charge in [0.25, 0.3) is 10.0 Å². The van der Waals surface area contributed by atoms with E-state index in [-0.39, 0.29) is 18.1 Å². The predicted octanol–water partition coefficient (Wildman–Crippen LogP) is 4.05. The molecule has 0 amide bonds. The number of thiophene rings is 1. The highest BCUT2D eigenvalue weighted by Crippen LogP contribution is 2.43. The van der Waals surface area contributed by atoms with Crippen molar-refractivity contribution in [1.82, 2.24) is 9.88 Å². The van der Waals surface area contributed by atoms with E-state index in [0.717, 1.165) is 48.7 Å². The Balaban J connectivity index is 1.40. The minimum absolute atomic E-state index is 0.0409. The van der Waals surface area contributed by atoms with Gasteiger partial charge in [-0.15, -0.1) is 22.7 Å². The Labute approximate surface area is 203 Å². The van der Waals surface area contributed by atoms with Gasteiger partial charge in [0, 0.05) is 49.2 Å². The van der Waals surface area contributed by atoms with Crippen LogP contribution in [-0.2, 0) is 23.0 Å². The van der Waals surface area contributed by atoms with Crippen LogP contribution >= 0.6 is 22.7 Å². The molecular weight excluding hydrogens is 474 g/mol. The normalized spacial score (nSPS) is 20.8. The molecule has 4 heterocycles. The summed E-state index contributed by atoms with van der Waals surface area (Å²) in [5.74, 6) is 0. The van der Waals surface area contributed by atoms with Crippen LogP contribution in [0.5, 0.6) is 0 Å². The summed E-state index contributed by atoms with van der Waals surface area (Å²) in [5, 5.41) is 6.43. The minimum Gasteiger partial charge on any atom is -0.374 e. The van der Waals surface area contributed by atoms with E-state index in [1.807, 2.05) is 32.2 Å². The number of nitrogens with zero attached hydrogens (tertiary/aromatic N) is 3. The Hall–Kier alpha value is -1.98. The quantitative estimate of drug-likeness (QED) is 0.505. The van der Waals surface area contributed by atoms with Gasteiger partial charge in [0.05, 0.1) is 17.4 Å². The van der Waals surface area contributed by atoms with Gasteiger partial charge in [0.1, 0.15) is 9.22 Å². The number of benzene rings is 1. The molecule has 0 aliphatic carbocycles. The van der Waals surface area contributed by atoms with E-state index in [4.69, 9.17) is 10.7 Å². The van der Waals surface area contributed by atoms with Crippen molar-refractivity contribution in [3.05, 3.63) is 57.4 Å². The summed E-state index contributed by atoms with van der Waals surface area (Å²) >= 11 is 2.97. The van der Waals surface area contributed by atoms with Gasteiger partial charge in [-0.2, -0.15) is 0 Å². The first kappa shape index (κ1) is 22.8. The number of aromatic nitrogens is 1. The first-order chi connectivity index (χ1) is 15.8. The van der Waals surface area contributed by atoms with Crippen LogP contribution in [0.4, 0.5) is 11.4 Å². The standard InChI is InChI=1S/C23H29N5O2S3/c1-15(2)28(33(29,30)21-7-4-10-31-21)20-6-3-5-16-11-19(26-22(16)20)23-25-12-18(32-23)14-27-9-8-17(24)13-27/h3-7,10,12,15,17,19,26H,8-9,11,13-14,24H2,1-2H3. The van der Waals surface area contributed by atoms with Crippen molar-refractivity contribution < 1.29 is 8.42 Å². The highest BCUT2D eigenvalue weighted by molar-refractivity contribution is 7.94. The first-order valence-electron chi connectivity index (χ1n) is 11.2. The molecule has 1 fully saturated rings. The molecule has 3 aromatic rings. The molecule has 0 saturated carbocycles. The molecule has 10 heteroatoms. The molecule has 1 aromatic carbocycles. The summed E-state index contributed by atoms with van der Waals surface area (Å²) in [6.07, 6.45) is 3.81. The number of likely N-dealkylation sites (tertiary alicyclic amines) is 1. The van der Waals surface area contributed by atoms with Crippen LogP contribution in [0.25, 0.3) is 0 Å². The highest BCUT2D eigenvalue weighted by atomic mass is 32.2. The maximum Gasteiger partial charge on any atom is 0.274 e. The number of sulfonamides is 1. The minimum atomic E-state index is -3.64. The van der Waals surface area contributed by atoms with Gasteiger partial charge in [-0.3, -0.25) is 9.21 Å². The van der Waals surface area contributed by atoms with Gasteiger partial charge in [-0.1, -0.05) is 18.2 Å². The van der Waals surface area contributed by atoms with Crippen molar-refractivity contribution >= 4 is 44.1 Å². The zero-order valence-electron chi connectivity index (χ0n) is 18.8. The van der Waals surface area contributed by atoms with E-state index >= 15 is 0 Å². The number of nitrogens with two attached hydrogens (primary N) is 1. The molecule has 0 radical (unpaired) electrons. The Morgan fingerprint density at radius 2 is 2.15 bits per heavy atom. The summed E-state index contributed by atoms with van der Waals surface area (Å²) in [7, 11) is -3.64. The Morgan fingerprint density at radius 3 is 2.85 bits per heavy atom. The lowest BCUT2D eigenvalue weighted by Gasteiger charge is -2.29. The molecule has 0 spiro atoms. The highest BCUT2D eigenvalue weighted by Gasteiger charge is 2.34. The third-order valence-corrected chi connectivity index (χ3v) is 10.6. The third-order valence-electron chi connectivity index (χ3n) is 6.14. The van der Waals surface area contributed by atoms with Gasteiger partial charge in [0.2, 0.25) is 0 Å². The van der Waals surface area contributed by atoms with Crippen LogP contribution in [-0.4, -0.2) is 43.5 Å². The SMILES string of the molecule is CC(C)N(c1cccc2c1NC(c1ncc(CN3CCC(N)C3)s1)C2)S(=O)(=O)c1cccs1. The molecule has 0 bridgehead atoms. The second-order valence-electron chi connectivity index (χ2n) is 8.99. The van der Waals surface area contributed by atoms with Crippen molar-refractivity contribution in [2.75, 3.05) is 22.7 Å². The van der Waals surface area contributed by atoms with Crippen LogP contribution in [0, 0.1) is 0 Å². The van der Waals surface area contributed by atoms with E-state index in [2.05, 4.69) is 16.3 Å². The summed E-state index contributed by atoms with van der Waals surface area (Å²) in [6.45, 7) is 6.68. The van der Waals surface area contributed by atoms with Crippen LogP contribution < -0.4 is 15.4 Å². The zero-order valence-corrected chi connectivity index (χ0v) is 21.2. The average molecular weight is 504 g/mol. The van der Waals surface area contributed by atoms with E-state index in [0.29, 0.717) is 9.90 Å². The number of anilines is 2. The summed E-state index contributed by atoms with van der Waals surface area (Å²) in [4.78, 5) is 8.33. The zero-order chi connectivity index (χ0) is 23.2. The smallest absolute Gasteiger partial charge is 0.274 e. The number of fused-ring (bicyclic) bond motifs is 1. The lowest BCUT2D eigenvalue weighted by Crippen LogP contribution is -2.37. The van der Waals surface area contributed by atoms with Crippen molar-refractivity contribution in [3.63, 3.8) is 0 Å². The fourth-order valence-corrected chi connectivity index (χ4v) is 8.44. The maximum absolute atomic E-state index is 13.5. The topological polar surface area (TPSA) is 91.6 Å². The van der Waals surface area contributed by atoms with Gasteiger partial charge in [-0.25, -0.2) is 13.4 Å².